The Kier molecular flexibility index (Phi) is 7.41. The Hall–Kier alpha value is -2.92. The summed E-state index contributed by atoms with van der Waals surface area (Å²) in [7, 11) is 1.84. The smallest absolute Gasteiger partial charge is 0.268 e. The van der Waals surface area contributed by atoms with Crippen LogP contribution < -0.4 is 4.90 Å². The molecule has 0 saturated heterocycles. The van der Waals surface area contributed by atoms with Crippen molar-refractivity contribution in [3.05, 3.63) is 87.6 Å². The van der Waals surface area contributed by atoms with Gasteiger partial charge in [-0.25, -0.2) is 0 Å². The molecule has 0 bridgehead atoms. The summed E-state index contributed by atoms with van der Waals surface area (Å²) in [6, 6.07) is 19.6. The van der Waals surface area contributed by atoms with E-state index in [1.54, 1.807) is 4.90 Å². The van der Waals surface area contributed by atoms with Crippen LogP contribution in [0.15, 0.2) is 66.0 Å². The van der Waals surface area contributed by atoms with E-state index in [1.807, 2.05) is 65.9 Å². The lowest BCUT2D eigenvalue weighted by molar-refractivity contribution is -0.129. The number of hydrogen-bond acceptors (Lipinski definition) is 3. The predicted molar refractivity (Wildman–Crippen MR) is 124 cm³/mol. The number of benzene rings is 2. The van der Waals surface area contributed by atoms with Gasteiger partial charge in [0.1, 0.15) is 0 Å². The number of hydrogen-bond donors (Lipinski definition) is 0. The van der Waals surface area contributed by atoms with Crippen LogP contribution in [0.3, 0.4) is 0 Å². The molecule has 5 heteroatoms. The number of carbonyl (C=O) groups is 2. The van der Waals surface area contributed by atoms with E-state index in [1.165, 1.54) is 11.3 Å². The SMILES string of the molecule is CCCN(C)C(=O)Cc1ccc(N(Cc2ccccc2C)C(=O)c2cccs2)cc1. The highest BCUT2D eigenvalue weighted by atomic mass is 32.1. The molecule has 1 heterocycles. The normalized spacial score (nSPS) is 10.6. The number of carbonyl (C=O) groups excluding carboxylic acids is 2. The average molecular weight is 421 g/mol. The lowest BCUT2D eigenvalue weighted by Gasteiger charge is -2.24. The lowest BCUT2D eigenvalue weighted by Crippen LogP contribution is -2.30. The third-order valence-electron chi connectivity index (χ3n) is 5.15. The molecule has 4 nitrogen and oxygen atoms in total. The van der Waals surface area contributed by atoms with Crippen LogP contribution >= 0.6 is 11.3 Å². The fourth-order valence-electron chi connectivity index (χ4n) is 3.33. The van der Waals surface area contributed by atoms with E-state index in [-0.39, 0.29) is 11.8 Å². The maximum absolute atomic E-state index is 13.2. The number of thiophene rings is 1. The second-order valence-electron chi connectivity index (χ2n) is 7.45. The maximum Gasteiger partial charge on any atom is 0.268 e. The molecule has 3 rings (SSSR count). The molecule has 156 valence electrons. The molecule has 3 aromatic rings. The van der Waals surface area contributed by atoms with Crippen molar-refractivity contribution in [1.82, 2.24) is 4.90 Å². The van der Waals surface area contributed by atoms with Crippen LogP contribution in [0.25, 0.3) is 0 Å². The van der Waals surface area contributed by atoms with Gasteiger partial charge in [0.15, 0.2) is 0 Å². The van der Waals surface area contributed by atoms with Gasteiger partial charge in [-0.05, 0) is 53.6 Å². The van der Waals surface area contributed by atoms with Crippen molar-refractivity contribution in [1.29, 1.82) is 0 Å². The van der Waals surface area contributed by atoms with Crippen LogP contribution in [0, 0.1) is 6.92 Å². The Morgan fingerprint density at radius 2 is 1.70 bits per heavy atom. The zero-order valence-corrected chi connectivity index (χ0v) is 18.6. The Morgan fingerprint density at radius 1 is 0.967 bits per heavy atom. The van der Waals surface area contributed by atoms with Crippen molar-refractivity contribution in [2.75, 3.05) is 18.5 Å². The van der Waals surface area contributed by atoms with Crippen LogP contribution in [0.2, 0.25) is 0 Å². The van der Waals surface area contributed by atoms with Gasteiger partial charge in [-0.1, -0.05) is 49.4 Å². The fraction of sp³-hybridized carbons (Fsp3) is 0.280. The average Bonchev–Trinajstić information content (AvgIpc) is 3.28. The van der Waals surface area contributed by atoms with Crippen molar-refractivity contribution < 1.29 is 9.59 Å². The highest BCUT2D eigenvalue weighted by molar-refractivity contribution is 7.12. The third kappa shape index (κ3) is 5.36. The molecule has 0 fully saturated rings. The molecule has 0 atom stereocenters. The third-order valence-corrected chi connectivity index (χ3v) is 6.01. The number of rotatable bonds is 8. The zero-order valence-electron chi connectivity index (χ0n) is 17.8. The number of likely N-dealkylation sites (N-methyl/N-ethyl adjacent to an activating group) is 1. The monoisotopic (exact) mass is 420 g/mol. The minimum atomic E-state index is -0.0141. The number of amides is 2. The molecule has 0 saturated carbocycles. The first-order valence-electron chi connectivity index (χ1n) is 10.2. The highest BCUT2D eigenvalue weighted by Gasteiger charge is 2.20. The molecule has 0 aliphatic carbocycles. The van der Waals surface area contributed by atoms with Gasteiger partial charge in [0.05, 0.1) is 17.8 Å². The first-order chi connectivity index (χ1) is 14.5. The Balaban J connectivity index is 1.83. The fourth-order valence-corrected chi connectivity index (χ4v) is 4.01. The minimum absolute atomic E-state index is 0.0141. The van der Waals surface area contributed by atoms with E-state index in [9.17, 15) is 9.59 Å². The molecular weight excluding hydrogens is 392 g/mol. The van der Waals surface area contributed by atoms with Gasteiger partial charge in [0.2, 0.25) is 5.91 Å². The quantitative estimate of drug-likeness (QED) is 0.495. The summed E-state index contributed by atoms with van der Waals surface area (Å²) in [5.74, 6) is 0.0933. The largest absolute Gasteiger partial charge is 0.345 e. The second kappa shape index (κ2) is 10.2. The van der Waals surface area contributed by atoms with Crippen LogP contribution in [0.4, 0.5) is 5.69 Å². The maximum atomic E-state index is 13.2. The number of anilines is 1. The van der Waals surface area contributed by atoms with Gasteiger partial charge >= 0.3 is 0 Å². The lowest BCUT2D eigenvalue weighted by atomic mass is 10.1. The van der Waals surface area contributed by atoms with E-state index in [2.05, 4.69) is 26.0 Å². The van der Waals surface area contributed by atoms with E-state index in [0.29, 0.717) is 17.8 Å². The van der Waals surface area contributed by atoms with E-state index < -0.39 is 0 Å². The Morgan fingerprint density at radius 3 is 2.33 bits per heavy atom. The summed E-state index contributed by atoms with van der Waals surface area (Å²) >= 11 is 1.45. The van der Waals surface area contributed by atoms with Gasteiger partial charge in [-0.3, -0.25) is 9.59 Å². The minimum Gasteiger partial charge on any atom is -0.345 e. The molecule has 1 aromatic heterocycles. The molecule has 0 aliphatic heterocycles. The number of nitrogens with zero attached hydrogens (tertiary/aromatic N) is 2. The van der Waals surface area contributed by atoms with Gasteiger partial charge in [-0.2, -0.15) is 0 Å². The van der Waals surface area contributed by atoms with Crippen molar-refractivity contribution in [2.45, 2.75) is 33.2 Å². The van der Waals surface area contributed by atoms with Crippen LogP contribution in [-0.2, 0) is 17.8 Å². The summed E-state index contributed by atoms with van der Waals surface area (Å²) in [5, 5.41) is 1.92. The first-order valence-corrected chi connectivity index (χ1v) is 11.1. The second-order valence-corrected chi connectivity index (χ2v) is 8.40. The van der Waals surface area contributed by atoms with Crippen LogP contribution in [-0.4, -0.2) is 30.3 Å². The summed E-state index contributed by atoms with van der Waals surface area (Å²) < 4.78 is 0. The van der Waals surface area contributed by atoms with E-state index in [4.69, 9.17) is 0 Å². The molecule has 0 aliphatic rings. The topological polar surface area (TPSA) is 40.6 Å². The summed E-state index contributed by atoms with van der Waals surface area (Å²) in [5.41, 5.74) is 4.05. The van der Waals surface area contributed by atoms with Crippen LogP contribution in [0.1, 0.15) is 39.7 Å². The molecule has 2 amide bonds. The van der Waals surface area contributed by atoms with Crippen molar-refractivity contribution in [3.63, 3.8) is 0 Å². The van der Waals surface area contributed by atoms with Gasteiger partial charge < -0.3 is 9.80 Å². The molecule has 0 spiro atoms. The standard InChI is InChI=1S/C25H28N2O2S/c1-4-15-26(3)24(28)17-20-11-13-22(14-12-20)27(25(29)23-10-7-16-30-23)18-21-9-6-5-8-19(21)2/h5-14,16H,4,15,17-18H2,1-3H3. The molecular formula is C25H28N2O2S. The molecule has 0 unspecified atom stereocenters. The van der Waals surface area contributed by atoms with Gasteiger partial charge in [0, 0.05) is 19.3 Å². The van der Waals surface area contributed by atoms with Gasteiger partial charge in [-0.15, -0.1) is 11.3 Å². The molecule has 30 heavy (non-hydrogen) atoms. The predicted octanol–water partition coefficient (Wildman–Crippen LogP) is 5.31. The van der Waals surface area contributed by atoms with Gasteiger partial charge in [0.25, 0.3) is 5.91 Å². The first kappa shape index (κ1) is 21.8. The highest BCUT2D eigenvalue weighted by Crippen LogP contribution is 2.24. The van der Waals surface area contributed by atoms with Crippen LogP contribution in [0.5, 0.6) is 0 Å². The van der Waals surface area contributed by atoms with E-state index >= 15 is 0 Å². The Labute approximate surface area is 182 Å². The van der Waals surface area contributed by atoms with Crippen molar-refractivity contribution in [3.8, 4) is 0 Å². The molecule has 2 aromatic carbocycles. The number of aryl methyl sites for hydroxylation is 1. The van der Waals surface area contributed by atoms with Crippen molar-refractivity contribution in [2.24, 2.45) is 0 Å². The summed E-state index contributed by atoms with van der Waals surface area (Å²) in [4.78, 5) is 29.8. The molecule has 0 radical (unpaired) electrons. The van der Waals surface area contributed by atoms with Crippen molar-refractivity contribution >= 4 is 28.8 Å². The zero-order chi connectivity index (χ0) is 21.5. The summed E-state index contributed by atoms with van der Waals surface area (Å²) in [6.45, 7) is 5.38. The Bertz CT molecular complexity index is 981. The molecule has 0 N–H and O–H groups in total. The summed E-state index contributed by atoms with van der Waals surface area (Å²) in [6.07, 6.45) is 1.31. The van der Waals surface area contributed by atoms with E-state index in [0.717, 1.165) is 35.3 Å².